The van der Waals surface area contributed by atoms with Crippen LogP contribution in [-0.4, -0.2) is 20.0 Å². The van der Waals surface area contributed by atoms with Crippen LogP contribution in [-0.2, 0) is 0 Å². The molecule has 2 aromatic heterocycles. The van der Waals surface area contributed by atoms with Crippen LogP contribution in [0.5, 0.6) is 0 Å². The second-order valence-corrected chi connectivity index (χ2v) is 11.1. The molecule has 0 spiro atoms. The first-order chi connectivity index (χ1) is 22.3. The lowest BCUT2D eigenvalue weighted by Gasteiger charge is -2.10. The Morgan fingerprint density at radius 2 is 0.933 bits per heavy atom. The summed E-state index contributed by atoms with van der Waals surface area (Å²) in [4.78, 5) is 6.05. The van der Waals surface area contributed by atoms with Crippen molar-refractivity contribution in [2.24, 2.45) is 0 Å². The van der Waals surface area contributed by atoms with Gasteiger partial charge in [-0.25, -0.2) is 0 Å². The van der Waals surface area contributed by atoms with E-state index in [9.17, 15) is 0 Å². The fraction of sp³-hybridized carbons (Fsp3) is 0. The van der Waals surface area contributed by atoms with Crippen LogP contribution in [0.15, 0.2) is 170 Å². The Labute approximate surface area is 261 Å². The number of pyridine rings is 1. The predicted molar refractivity (Wildman–Crippen MR) is 184 cm³/mol. The third-order valence-electron chi connectivity index (χ3n) is 8.14. The van der Waals surface area contributed by atoms with Gasteiger partial charge < -0.3 is 0 Å². The van der Waals surface area contributed by atoms with E-state index in [1.165, 1.54) is 16.7 Å². The Morgan fingerprint density at radius 3 is 1.60 bits per heavy atom. The van der Waals surface area contributed by atoms with E-state index in [2.05, 4.69) is 132 Å². The molecule has 0 fully saturated rings. The second-order valence-electron chi connectivity index (χ2n) is 11.1. The highest BCUT2D eigenvalue weighted by Gasteiger charge is 2.16. The zero-order valence-corrected chi connectivity index (χ0v) is 24.5. The minimum atomic E-state index is 0.838. The summed E-state index contributed by atoms with van der Waals surface area (Å²) in [5, 5.41) is 10.1. The van der Waals surface area contributed by atoms with Crippen LogP contribution in [0.3, 0.4) is 0 Å². The number of fused-ring (bicyclic) bond motifs is 1. The van der Waals surface area contributed by atoms with E-state index in [0.717, 1.165) is 55.7 Å². The molecule has 0 saturated carbocycles. The fourth-order valence-corrected chi connectivity index (χ4v) is 5.87. The topological polar surface area (TPSA) is 43.6 Å². The minimum absolute atomic E-state index is 0.838. The molecule has 6 aromatic carbocycles. The van der Waals surface area contributed by atoms with Crippen LogP contribution in [0.1, 0.15) is 0 Å². The highest BCUT2D eigenvalue weighted by atomic mass is 15.5. The third-order valence-corrected chi connectivity index (χ3v) is 8.14. The number of rotatable bonds is 6. The highest BCUT2D eigenvalue weighted by molar-refractivity contribution is 5.96. The van der Waals surface area contributed by atoms with E-state index in [1.807, 2.05) is 36.5 Å². The summed E-state index contributed by atoms with van der Waals surface area (Å²) in [5.74, 6) is 0. The summed E-state index contributed by atoms with van der Waals surface area (Å²) in [7, 11) is 0. The molecule has 4 heteroatoms. The summed E-state index contributed by atoms with van der Waals surface area (Å²) in [6.07, 6.45) is 3.66. The molecule has 212 valence electrons. The van der Waals surface area contributed by atoms with Gasteiger partial charge in [0.15, 0.2) is 0 Å². The normalized spacial score (nSPS) is 11.1. The molecule has 4 nitrogen and oxygen atoms in total. The van der Waals surface area contributed by atoms with Crippen LogP contribution in [0, 0.1) is 0 Å². The largest absolute Gasteiger partial charge is 0.264 e. The van der Waals surface area contributed by atoms with Gasteiger partial charge in [0.05, 0.1) is 5.69 Å². The van der Waals surface area contributed by atoms with Gasteiger partial charge in [-0.2, -0.15) is 4.80 Å². The van der Waals surface area contributed by atoms with Gasteiger partial charge in [0.25, 0.3) is 0 Å². The quantitative estimate of drug-likeness (QED) is 0.198. The van der Waals surface area contributed by atoms with Gasteiger partial charge in [0, 0.05) is 23.5 Å². The van der Waals surface area contributed by atoms with Crippen molar-refractivity contribution < 1.29 is 0 Å². The molecular weight excluding hydrogens is 548 g/mol. The van der Waals surface area contributed by atoms with E-state index in [4.69, 9.17) is 10.2 Å². The number of hydrogen-bond donors (Lipinski definition) is 0. The first-order valence-electron chi connectivity index (χ1n) is 15.0. The molecule has 0 aliphatic heterocycles. The molecule has 0 saturated heterocycles. The Kier molecular flexibility index (Phi) is 6.78. The fourth-order valence-electron chi connectivity index (χ4n) is 5.87. The molecule has 0 amide bonds. The Hall–Kier alpha value is -6.13. The summed E-state index contributed by atoms with van der Waals surface area (Å²) in [6.45, 7) is 0. The lowest BCUT2D eigenvalue weighted by atomic mass is 9.94. The predicted octanol–water partition coefficient (Wildman–Crippen LogP) is 10.2. The number of aromatic nitrogens is 4. The number of nitrogens with zero attached hydrogens (tertiary/aromatic N) is 4. The van der Waals surface area contributed by atoms with Crippen LogP contribution >= 0.6 is 0 Å². The molecule has 0 bridgehead atoms. The molecular formula is C41H28N4. The number of hydrogen-bond acceptors (Lipinski definition) is 3. The summed E-state index contributed by atoms with van der Waals surface area (Å²) >= 11 is 0. The molecule has 0 aliphatic carbocycles. The summed E-state index contributed by atoms with van der Waals surface area (Å²) in [5.41, 5.74) is 13.8. The van der Waals surface area contributed by atoms with Crippen molar-refractivity contribution in [3.63, 3.8) is 0 Å². The second kappa shape index (κ2) is 11.5. The van der Waals surface area contributed by atoms with E-state index < -0.39 is 0 Å². The molecule has 8 rings (SSSR count). The first-order valence-corrected chi connectivity index (χ1v) is 15.0. The van der Waals surface area contributed by atoms with E-state index in [0.29, 0.717) is 0 Å². The molecule has 45 heavy (non-hydrogen) atoms. The van der Waals surface area contributed by atoms with Crippen molar-refractivity contribution >= 4 is 11.0 Å². The first kappa shape index (κ1) is 26.5. The van der Waals surface area contributed by atoms with Gasteiger partial charge in [-0.15, -0.1) is 10.2 Å². The van der Waals surface area contributed by atoms with Crippen LogP contribution < -0.4 is 0 Å². The van der Waals surface area contributed by atoms with Crippen molar-refractivity contribution in [1.82, 2.24) is 20.0 Å². The Balaban J connectivity index is 1.30. The van der Waals surface area contributed by atoms with E-state index >= 15 is 0 Å². The van der Waals surface area contributed by atoms with Gasteiger partial charge in [-0.1, -0.05) is 115 Å². The summed E-state index contributed by atoms with van der Waals surface area (Å²) < 4.78 is 0. The van der Waals surface area contributed by atoms with Crippen LogP contribution in [0.2, 0.25) is 0 Å². The average molecular weight is 577 g/mol. The van der Waals surface area contributed by atoms with Gasteiger partial charge in [0.1, 0.15) is 11.0 Å². The maximum atomic E-state index is 5.09. The molecule has 0 atom stereocenters. The Bertz CT molecular complexity index is 2260. The molecule has 0 aliphatic rings. The standard InChI is InChI=1S/C41H28N4/c1-3-11-29(12-4-1)31-15-7-17-33(23-31)37-26-39(35-19-8-16-32(24-35)30-13-5-2-6-14-30)41-40(27-37)43-45(44-41)38-21-9-18-34(25-38)36-20-10-22-42-28-36/h1-28H. The molecule has 8 aromatic rings. The number of benzene rings is 6. The maximum absolute atomic E-state index is 5.09. The van der Waals surface area contributed by atoms with E-state index in [1.54, 1.807) is 11.0 Å². The van der Waals surface area contributed by atoms with Gasteiger partial charge in [-0.3, -0.25) is 4.98 Å². The van der Waals surface area contributed by atoms with Crippen molar-refractivity contribution in [2.45, 2.75) is 0 Å². The highest BCUT2D eigenvalue weighted by Crippen LogP contribution is 2.36. The lowest BCUT2D eigenvalue weighted by molar-refractivity contribution is 0.766. The van der Waals surface area contributed by atoms with Gasteiger partial charge in [0.2, 0.25) is 0 Å². The van der Waals surface area contributed by atoms with Crippen LogP contribution in [0.25, 0.3) is 72.4 Å². The van der Waals surface area contributed by atoms with Gasteiger partial charge in [-0.05, 0) is 87.0 Å². The Morgan fingerprint density at radius 1 is 0.378 bits per heavy atom. The van der Waals surface area contributed by atoms with Crippen molar-refractivity contribution in [3.05, 3.63) is 170 Å². The van der Waals surface area contributed by atoms with Crippen molar-refractivity contribution in [1.29, 1.82) is 0 Å². The molecule has 2 heterocycles. The smallest absolute Gasteiger partial charge is 0.121 e. The van der Waals surface area contributed by atoms with Gasteiger partial charge >= 0.3 is 0 Å². The molecule has 0 N–H and O–H groups in total. The zero-order chi connectivity index (χ0) is 30.0. The minimum Gasteiger partial charge on any atom is -0.264 e. The molecule has 0 unspecified atom stereocenters. The molecule has 0 radical (unpaired) electrons. The summed E-state index contributed by atoms with van der Waals surface area (Å²) in [6, 6.07) is 55.1. The lowest BCUT2D eigenvalue weighted by Crippen LogP contribution is -1.98. The third kappa shape index (κ3) is 5.30. The van der Waals surface area contributed by atoms with E-state index in [-0.39, 0.29) is 0 Å². The van der Waals surface area contributed by atoms with Crippen LogP contribution in [0.4, 0.5) is 0 Å². The van der Waals surface area contributed by atoms with Crippen molar-refractivity contribution in [3.8, 4) is 61.3 Å². The SMILES string of the molecule is c1ccc(-c2cccc(-c3cc(-c4cccc(-c5ccccc5)c4)c4nn(-c5cccc(-c6cccnc6)c5)nc4c3)c2)cc1. The zero-order valence-electron chi connectivity index (χ0n) is 24.5. The maximum Gasteiger partial charge on any atom is 0.121 e. The monoisotopic (exact) mass is 576 g/mol. The van der Waals surface area contributed by atoms with Crippen molar-refractivity contribution in [2.75, 3.05) is 0 Å². The average Bonchev–Trinajstić information content (AvgIpc) is 3.57.